The van der Waals surface area contributed by atoms with Crippen molar-refractivity contribution in [2.45, 2.75) is 11.9 Å². The van der Waals surface area contributed by atoms with Crippen LogP contribution >= 0.6 is 0 Å². The summed E-state index contributed by atoms with van der Waals surface area (Å²) >= 11 is 0. The molecule has 2 aliphatic heterocycles. The van der Waals surface area contributed by atoms with E-state index in [2.05, 4.69) is 0 Å². The van der Waals surface area contributed by atoms with E-state index in [-0.39, 0.29) is 12.7 Å². The Balaban J connectivity index is 2.13. The molecule has 1 N–H and O–H groups in total. The molecule has 0 spiro atoms. The first-order chi connectivity index (χ1) is 4.80. The number of hydrogen-bond donors (Lipinski definition) is 1. The quantitative estimate of drug-likeness (QED) is 0.404. The summed E-state index contributed by atoms with van der Waals surface area (Å²) in [4.78, 5) is 10.3. The predicted octanol–water partition coefficient (Wildman–Crippen LogP) is -0.813. The zero-order valence-corrected chi connectivity index (χ0v) is 5.11. The summed E-state index contributed by atoms with van der Waals surface area (Å²) in [6.45, 7) is -0.171. The molecule has 1 fully saturated rings. The Hall–Kier alpha value is -0.870. The molecule has 0 saturated carbocycles. The molecule has 0 aliphatic carbocycles. The monoisotopic (exact) mass is 142 g/mol. The Morgan fingerprint density at radius 2 is 2.70 bits per heavy atom. The van der Waals surface area contributed by atoms with Gasteiger partial charge in [-0.2, -0.15) is 0 Å². The summed E-state index contributed by atoms with van der Waals surface area (Å²) in [6.07, 6.45) is 1.96. The van der Waals surface area contributed by atoms with E-state index in [1.165, 1.54) is 0 Å². The number of carbonyl (C=O) groups is 1. The molecule has 2 heterocycles. The van der Waals surface area contributed by atoms with Crippen LogP contribution in [0.25, 0.3) is 0 Å². The fraction of sp³-hybridized carbons (Fsp3) is 0.500. The maximum Gasteiger partial charge on any atom is 0.298 e. The van der Waals surface area contributed by atoms with Crippen molar-refractivity contribution in [2.24, 2.45) is 0 Å². The van der Waals surface area contributed by atoms with Gasteiger partial charge in [0, 0.05) is 0 Å². The summed E-state index contributed by atoms with van der Waals surface area (Å²) in [5.74, 6) is -0.638. The molecule has 54 valence electrons. The minimum atomic E-state index is -1.06. The highest BCUT2D eigenvalue weighted by Crippen LogP contribution is 2.44. The van der Waals surface area contributed by atoms with Crippen molar-refractivity contribution < 1.29 is 19.4 Å². The van der Waals surface area contributed by atoms with Gasteiger partial charge in [-0.05, 0) is 6.08 Å². The van der Waals surface area contributed by atoms with Gasteiger partial charge in [0.05, 0.1) is 0 Å². The first-order valence-corrected chi connectivity index (χ1v) is 2.95. The van der Waals surface area contributed by atoms with Crippen LogP contribution in [0.2, 0.25) is 0 Å². The van der Waals surface area contributed by atoms with Gasteiger partial charge >= 0.3 is 0 Å². The first kappa shape index (κ1) is 5.88. The SMILES string of the molecule is O=CC12OC(CO)=CC1O2. The molecule has 0 amide bonds. The zero-order chi connectivity index (χ0) is 7.19. The van der Waals surface area contributed by atoms with Crippen LogP contribution in [0.5, 0.6) is 0 Å². The third kappa shape index (κ3) is 0.547. The maximum absolute atomic E-state index is 10.3. The van der Waals surface area contributed by atoms with Crippen LogP contribution in [-0.4, -0.2) is 29.9 Å². The molecular weight excluding hydrogens is 136 g/mol. The maximum atomic E-state index is 10.3. The molecule has 0 aromatic heterocycles. The number of aliphatic hydroxyl groups is 1. The van der Waals surface area contributed by atoms with Gasteiger partial charge in [-0.1, -0.05) is 0 Å². The van der Waals surface area contributed by atoms with Crippen molar-refractivity contribution in [1.29, 1.82) is 0 Å². The van der Waals surface area contributed by atoms with E-state index in [0.717, 1.165) is 0 Å². The van der Waals surface area contributed by atoms with Crippen molar-refractivity contribution >= 4 is 6.29 Å². The van der Waals surface area contributed by atoms with Gasteiger partial charge in [0.25, 0.3) is 5.79 Å². The van der Waals surface area contributed by atoms with E-state index in [1.54, 1.807) is 6.08 Å². The van der Waals surface area contributed by atoms with Gasteiger partial charge < -0.3 is 14.6 Å². The van der Waals surface area contributed by atoms with E-state index in [4.69, 9.17) is 14.6 Å². The topological polar surface area (TPSA) is 59.1 Å². The number of epoxide rings is 1. The molecule has 4 heteroatoms. The number of aliphatic hydroxyl groups excluding tert-OH is 1. The second kappa shape index (κ2) is 1.59. The number of ether oxygens (including phenoxy) is 2. The lowest BCUT2D eigenvalue weighted by molar-refractivity contribution is -0.125. The van der Waals surface area contributed by atoms with Gasteiger partial charge in [0.2, 0.25) is 0 Å². The third-order valence-electron chi connectivity index (χ3n) is 1.60. The minimum absolute atomic E-state index is 0.171. The summed E-state index contributed by atoms with van der Waals surface area (Å²) in [5.41, 5.74) is 0. The van der Waals surface area contributed by atoms with E-state index in [0.29, 0.717) is 12.0 Å². The van der Waals surface area contributed by atoms with Gasteiger partial charge in [-0.25, -0.2) is 0 Å². The van der Waals surface area contributed by atoms with Crippen LogP contribution in [0, 0.1) is 0 Å². The Morgan fingerprint density at radius 3 is 3.10 bits per heavy atom. The molecule has 10 heavy (non-hydrogen) atoms. The zero-order valence-electron chi connectivity index (χ0n) is 5.11. The minimum Gasteiger partial charge on any atom is -0.454 e. The number of hydrogen-bond acceptors (Lipinski definition) is 4. The fourth-order valence-electron chi connectivity index (χ4n) is 1.01. The summed E-state index contributed by atoms with van der Waals surface area (Å²) in [7, 11) is 0. The number of fused-ring (bicyclic) bond motifs is 1. The predicted molar refractivity (Wildman–Crippen MR) is 29.9 cm³/mol. The van der Waals surface area contributed by atoms with Crippen molar-refractivity contribution in [3.05, 3.63) is 11.8 Å². The second-order valence-corrected chi connectivity index (χ2v) is 2.27. The van der Waals surface area contributed by atoms with E-state index in [9.17, 15) is 4.79 Å². The highest BCUT2D eigenvalue weighted by molar-refractivity contribution is 5.68. The lowest BCUT2D eigenvalue weighted by Gasteiger charge is -2.04. The first-order valence-electron chi connectivity index (χ1n) is 2.95. The van der Waals surface area contributed by atoms with Crippen LogP contribution in [0.4, 0.5) is 0 Å². The van der Waals surface area contributed by atoms with E-state index < -0.39 is 5.79 Å². The Morgan fingerprint density at radius 1 is 1.90 bits per heavy atom. The normalized spacial score (nSPS) is 41.7. The van der Waals surface area contributed by atoms with Gasteiger partial charge in [0.1, 0.15) is 12.4 Å². The van der Waals surface area contributed by atoms with Crippen LogP contribution in [-0.2, 0) is 14.3 Å². The van der Waals surface area contributed by atoms with Crippen molar-refractivity contribution in [1.82, 2.24) is 0 Å². The van der Waals surface area contributed by atoms with Crippen molar-refractivity contribution in [3.8, 4) is 0 Å². The summed E-state index contributed by atoms with van der Waals surface area (Å²) in [6, 6.07) is 0. The smallest absolute Gasteiger partial charge is 0.298 e. The second-order valence-electron chi connectivity index (χ2n) is 2.27. The number of aldehydes is 1. The van der Waals surface area contributed by atoms with Crippen LogP contribution in [0.1, 0.15) is 0 Å². The summed E-state index contributed by atoms with van der Waals surface area (Å²) < 4.78 is 9.79. The molecule has 0 radical (unpaired) electrons. The van der Waals surface area contributed by atoms with Gasteiger partial charge in [-0.15, -0.1) is 0 Å². The molecule has 0 aromatic rings. The van der Waals surface area contributed by atoms with Crippen molar-refractivity contribution in [3.63, 3.8) is 0 Å². The fourth-order valence-corrected chi connectivity index (χ4v) is 1.01. The average molecular weight is 142 g/mol. The Bertz CT molecular complexity index is 210. The van der Waals surface area contributed by atoms with Gasteiger partial charge in [-0.3, -0.25) is 4.79 Å². The van der Waals surface area contributed by atoms with E-state index >= 15 is 0 Å². The largest absolute Gasteiger partial charge is 0.454 e. The molecule has 4 nitrogen and oxygen atoms in total. The van der Waals surface area contributed by atoms with Crippen LogP contribution < -0.4 is 0 Å². The van der Waals surface area contributed by atoms with Crippen LogP contribution in [0.15, 0.2) is 11.8 Å². The number of carbonyl (C=O) groups excluding carboxylic acids is 1. The Labute approximate surface area is 57.0 Å². The molecular formula is C6H6O4. The highest BCUT2D eigenvalue weighted by Gasteiger charge is 2.63. The lowest BCUT2D eigenvalue weighted by atomic mass is 10.3. The lowest BCUT2D eigenvalue weighted by Crippen LogP contribution is -2.16. The molecule has 2 unspecified atom stereocenters. The van der Waals surface area contributed by atoms with Crippen LogP contribution in [0.3, 0.4) is 0 Å². The summed E-state index contributed by atoms with van der Waals surface area (Å²) in [5, 5.41) is 8.55. The standard InChI is InChI=1S/C6H6O4/c7-2-4-1-5-6(3-8,9-4)10-5/h1,3,5,7H,2H2. The highest BCUT2D eigenvalue weighted by atomic mass is 16.8. The molecule has 2 aliphatic rings. The van der Waals surface area contributed by atoms with Crippen molar-refractivity contribution in [2.75, 3.05) is 6.61 Å². The van der Waals surface area contributed by atoms with E-state index in [1.807, 2.05) is 0 Å². The molecule has 2 rings (SSSR count). The Kier molecular flexibility index (Phi) is 0.934. The molecule has 2 atom stereocenters. The molecule has 0 bridgehead atoms. The molecule has 1 saturated heterocycles. The average Bonchev–Trinajstić information content (AvgIpc) is 2.55. The molecule has 0 aromatic carbocycles. The number of rotatable bonds is 2. The third-order valence-corrected chi connectivity index (χ3v) is 1.60. The van der Waals surface area contributed by atoms with Gasteiger partial charge in [0.15, 0.2) is 12.4 Å².